The summed E-state index contributed by atoms with van der Waals surface area (Å²) in [4.78, 5) is 0. The van der Waals surface area contributed by atoms with Crippen LogP contribution in [0.15, 0.2) is 0 Å². The number of hydrogen-bond donors (Lipinski definition) is 2. The zero-order valence-corrected chi connectivity index (χ0v) is 9.29. The van der Waals surface area contributed by atoms with E-state index in [2.05, 4.69) is 13.3 Å². The van der Waals surface area contributed by atoms with Crippen molar-refractivity contribution < 1.29 is 0 Å². The van der Waals surface area contributed by atoms with Crippen LogP contribution in [0.3, 0.4) is 0 Å². The van der Waals surface area contributed by atoms with Crippen molar-refractivity contribution in [2.45, 2.75) is 25.4 Å². The molecule has 0 aliphatic rings. The van der Waals surface area contributed by atoms with Gasteiger partial charge in [-0.15, -0.1) is 11.4 Å². The van der Waals surface area contributed by atoms with Gasteiger partial charge >= 0.3 is 0 Å². The van der Waals surface area contributed by atoms with Crippen molar-refractivity contribution >= 4 is 18.5 Å². The lowest BCUT2D eigenvalue weighted by atomic mass is 10.1. The summed E-state index contributed by atoms with van der Waals surface area (Å²) in [5.41, 5.74) is 11.4. The van der Waals surface area contributed by atoms with Crippen LogP contribution in [0, 0.1) is 0 Å². The molecule has 4 heteroatoms. The van der Waals surface area contributed by atoms with Gasteiger partial charge in [-0.1, -0.05) is 7.12 Å². The molecule has 0 aromatic carbocycles. The summed E-state index contributed by atoms with van der Waals surface area (Å²) in [7, 11) is 0.170. The van der Waals surface area contributed by atoms with Gasteiger partial charge in [-0.25, -0.2) is 0 Å². The first-order chi connectivity index (χ1) is 5.04. The van der Waals surface area contributed by atoms with E-state index in [1.54, 1.807) is 0 Å². The maximum Gasteiger partial charge on any atom is 0.0197 e. The highest BCUT2D eigenvalue weighted by molar-refractivity contribution is 8.55. The monoisotopic (exact) mass is 194 g/mol. The molecule has 0 aliphatic heterocycles. The van der Waals surface area contributed by atoms with Crippen LogP contribution in [0.25, 0.3) is 0 Å². The largest absolute Gasteiger partial charge is 0.327 e. The summed E-state index contributed by atoms with van der Waals surface area (Å²) in [5.74, 6) is 1.15. The number of rotatable bonds is 5. The fourth-order valence-corrected chi connectivity index (χ4v) is 2.79. The summed E-state index contributed by atoms with van der Waals surface area (Å²) >= 11 is 2.01. The lowest BCUT2D eigenvalue weighted by Gasteiger charge is -2.15. The summed E-state index contributed by atoms with van der Waals surface area (Å²) in [6.07, 6.45) is 1.04. The molecule has 11 heavy (non-hydrogen) atoms. The first kappa shape index (κ1) is 11.7. The van der Waals surface area contributed by atoms with Crippen molar-refractivity contribution in [2.75, 3.05) is 19.1 Å². The SMILES string of the molecule is CC(N)C(N)CCSP(C)C. The smallest absolute Gasteiger partial charge is 0.0197 e. The Morgan fingerprint density at radius 1 is 1.36 bits per heavy atom. The molecule has 0 aromatic rings. The van der Waals surface area contributed by atoms with E-state index in [0.717, 1.165) is 12.2 Å². The highest BCUT2D eigenvalue weighted by Crippen LogP contribution is 2.41. The average Bonchev–Trinajstić information content (AvgIpc) is 1.86. The Balaban J connectivity index is 3.24. The molecule has 0 aliphatic carbocycles. The Morgan fingerprint density at radius 2 is 1.91 bits per heavy atom. The zero-order chi connectivity index (χ0) is 8.85. The summed E-state index contributed by atoms with van der Waals surface area (Å²) in [5, 5.41) is 0. The lowest BCUT2D eigenvalue weighted by molar-refractivity contribution is 0.549. The molecule has 0 bridgehead atoms. The van der Waals surface area contributed by atoms with Gasteiger partial charge in [-0.05, 0) is 32.4 Å². The van der Waals surface area contributed by atoms with Gasteiger partial charge in [0.2, 0.25) is 0 Å². The van der Waals surface area contributed by atoms with E-state index in [1.807, 2.05) is 18.3 Å². The summed E-state index contributed by atoms with van der Waals surface area (Å²) in [6.45, 7) is 6.49. The molecule has 0 spiro atoms. The topological polar surface area (TPSA) is 52.0 Å². The lowest BCUT2D eigenvalue weighted by Crippen LogP contribution is -2.39. The third-order valence-electron chi connectivity index (χ3n) is 1.48. The van der Waals surface area contributed by atoms with E-state index < -0.39 is 0 Å². The van der Waals surface area contributed by atoms with Crippen molar-refractivity contribution in [3.05, 3.63) is 0 Å². The average molecular weight is 194 g/mol. The van der Waals surface area contributed by atoms with Crippen LogP contribution >= 0.6 is 18.5 Å². The minimum Gasteiger partial charge on any atom is -0.327 e. The van der Waals surface area contributed by atoms with Crippen LogP contribution in [0.2, 0.25) is 0 Å². The van der Waals surface area contributed by atoms with Crippen LogP contribution in [0.4, 0.5) is 0 Å². The molecule has 0 rings (SSSR count). The molecule has 2 nitrogen and oxygen atoms in total. The Kier molecular flexibility index (Phi) is 6.64. The maximum atomic E-state index is 5.77. The highest BCUT2D eigenvalue weighted by Gasteiger charge is 2.07. The van der Waals surface area contributed by atoms with Crippen molar-refractivity contribution in [2.24, 2.45) is 11.5 Å². The quantitative estimate of drug-likeness (QED) is 0.651. The summed E-state index contributed by atoms with van der Waals surface area (Å²) < 4.78 is 0. The van der Waals surface area contributed by atoms with E-state index >= 15 is 0 Å². The van der Waals surface area contributed by atoms with Gasteiger partial charge in [-0.2, -0.15) is 0 Å². The predicted octanol–water partition coefficient (Wildman–Crippen LogP) is 1.44. The number of hydrogen-bond acceptors (Lipinski definition) is 3. The van der Waals surface area contributed by atoms with Crippen LogP contribution in [0.1, 0.15) is 13.3 Å². The molecule has 0 fully saturated rings. The molecule has 0 saturated carbocycles. The van der Waals surface area contributed by atoms with Crippen molar-refractivity contribution in [3.63, 3.8) is 0 Å². The van der Waals surface area contributed by atoms with E-state index in [1.165, 1.54) is 0 Å². The number of nitrogens with two attached hydrogens (primary N) is 2. The fourth-order valence-electron chi connectivity index (χ4n) is 0.634. The molecular formula is C7H19N2PS. The van der Waals surface area contributed by atoms with Gasteiger partial charge in [0.1, 0.15) is 0 Å². The Hall–Kier alpha value is 0.700. The van der Waals surface area contributed by atoms with Gasteiger partial charge in [-0.3, -0.25) is 0 Å². The highest BCUT2D eigenvalue weighted by atomic mass is 32.7. The Morgan fingerprint density at radius 3 is 2.27 bits per heavy atom. The van der Waals surface area contributed by atoms with Crippen LogP contribution in [-0.2, 0) is 0 Å². The minimum absolute atomic E-state index is 0.135. The normalized spacial score (nSPS) is 16.9. The molecule has 0 radical (unpaired) electrons. The van der Waals surface area contributed by atoms with Gasteiger partial charge in [0.15, 0.2) is 0 Å². The predicted molar refractivity (Wildman–Crippen MR) is 57.5 cm³/mol. The fraction of sp³-hybridized carbons (Fsp3) is 1.00. The first-order valence-electron chi connectivity index (χ1n) is 3.85. The molecule has 2 unspecified atom stereocenters. The van der Waals surface area contributed by atoms with Crippen molar-refractivity contribution in [3.8, 4) is 0 Å². The van der Waals surface area contributed by atoms with Gasteiger partial charge in [0, 0.05) is 12.1 Å². The van der Waals surface area contributed by atoms with E-state index in [9.17, 15) is 0 Å². The second-order valence-electron chi connectivity index (χ2n) is 2.96. The molecule has 0 saturated heterocycles. The Bertz CT molecular complexity index is 98.4. The second-order valence-corrected chi connectivity index (χ2v) is 8.21. The molecule has 4 N–H and O–H groups in total. The molecule has 0 aromatic heterocycles. The molecule has 0 amide bonds. The summed E-state index contributed by atoms with van der Waals surface area (Å²) in [6, 6.07) is 0.313. The molecule has 68 valence electrons. The van der Waals surface area contributed by atoms with Gasteiger partial charge in [0.25, 0.3) is 0 Å². The maximum absolute atomic E-state index is 5.77. The first-order valence-corrected chi connectivity index (χ1v) is 7.68. The van der Waals surface area contributed by atoms with Crippen LogP contribution in [-0.4, -0.2) is 31.2 Å². The molecule has 0 heterocycles. The van der Waals surface area contributed by atoms with Crippen molar-refractivity contribution in [1.82, 2.24) is 0 Å². The second kappa shape index (κ2) is 6.24. The standard InChI is InChI=1S/C7H19N2PS/c1-6(8)7(9)4-5-11-10(2)3/h6-7H,4-5,8-9H2,1-3H3. The third-order valence-corrected chi connectivity index (χ3v) is 4.51. The van der Waals surface area contributed by atoms with E-state index in [0.29, 0.717) is 0 Å². The Labute approximate surface area is 75.0 Å². The zero-order valence-electron chi connectivity index (χ0n) is 7.58. The van der Waals surface area contributed by atoms with Gasteiger partial charge in [0.05, 0.1) is 0 Å². The van der Waals surface area contributed by atoms with E-state index in [-0.39, 0.29) is 19.2 Å². The molecular weight excluding hydrogens is 175 g/mol. The van der Waals surface area contributed by atoms with E-state index in [4.69, 9.17) is 11.5 Å². The van der Waals surface area contributed by atoms with Gasteiger partial charge < -0.3 is 11.5 Å². The minimum atomic E-state index is 0.135. The molecule has 2 atom stereocenters. The van der Waals surface area contributed by atoms with Crippen molar-refractivity contribution in [1.29, 1.82) is 0 Å². The third kappa shape index (κ3) is 7.07. The van der Waals surface area contributed by atoms with Crippen LogP contribution < -0.4 is 11.5 Å². The van der Waals surface area contributed by atoms with Crippen LogP contribution in [0.5, 0.6) is 0 Å².